The third kappa shape index (κ3) is 5.44. The van der Waals surface area contributed by atoms with Crippen LogP contribution in [0.5, 0.6) is 0 Å². The Morgan fingerprint density at radius 3 is 2.43 bits per heavy atom. The Balaban J connectivity index is 1.71. The van der Waals surface area contributed by atoms with Gasteiger partial charge in [-0.25, -0.2) is 13.2 Å². The molecule has 0 N–H and O–H groups in total. The minimum Gasteiger partial charge on any atom is -0.376 e. The second kappa shape index (κ2) is 11.0. The van der Waals surface area contributed by atoms with Gasteiger partial charge in [0.2, 0.25) is 0 Å². The second-order valence-electron chi connectivity index (χ2n) is 7.99. The Hall–Kier alpha value is -1.85. The zero-order chi connectivity index (χ0) is 21.5. The molecule has 1 heterocycles. The second-order valence-corrected chi connectivity index (χ2v) is 7.99. The molecule has 0 spiro atoms. The van der Waals surface area contributed by atoms with Crippen molar-refractivity contribution in [2.75, 3.05) is 13.2 Å². The van der Waals surface area contributed by atoms with E-state index >= 15 is 0 Å². The average Bonchev–Trinajstić information content (AvgIpc) is 2.75. The van der Waals surface area contributed by atoms with E-state index in [0.29, 0.717) is 37.2 Å². The molecule has 2 aromatic rings. The van der Waals surface area contributed by atoms with Crippen molar-refractivity contribution in [3.05, 3.63) is 58.9 Å². The first-order chi connectivity index (χ1) is 14.5. The summed E-state index contributed by atoms with van der Waals surface area (Å²) < 4.78 is 55.6. The summed E-state index contributed by atoms with van der Waals surface area (Å²) in [6, 6.07) is 7.67. The molecular formula is C25H31F3O2. The van der Waals surface area contributed by atoms with Crippen LogP contribution in [0.2, 0.25) is 0 Å². The molecule has 2 aromatic carbocycles. The van der Waals surface area contributed by atoms with Crippen LogP contribution in [-0.4, -0.2) is 19.3 Å². The lowest BCUT2D eigenvalue weighted by Crippen LogP contribution is -2.28. The first-order valence-electron chi connectivity index (χ1n) is 11.0. The van der Waals surface area contributed by atoms with Gasteiger partial charge in [-0.1, -0.05) is 51.0 Å². The van der Waals surface area contributed by atoms with Gasteiger partial charge in [-0.05, 0) is 49.3 Å². The number of ether oxygens (including phenoxy) is 2. The van der Waals surface area contributed by atoms with Gasteiger partial charge in [0.25, 0.3) is 0 Å². The Bertz CT molecular complexity index is 829. The van der Waals surface area contributed by atoms with E-state index in [1.165, 1.54) is 12.1 Å². The van der Waals surface area contributed by atoms with E-state index in [1.54, 1.807) is 18.2 Å². The monoisotopic (exact) mass is 420 g/mol. The van der Waals surface area contributed by atoms with Crippen molar-refractivity contribution in [2.45, 2.75) is 71.0 Å². The number of rotatable bonds is 9. The summed E-state index contributed by atoms with van der Waals surface area (Å²) in [6.07, 6.45) is 5.41. The van der Waals surface area contributed by atoms with E-state index in [1.807, 2.05) is 6.92 Å². The molecule has 0 aliphatic carbocycles. The van der Waals surface area contributed by atoms with Crippen molar-refractivity contribution >= 4 is 0 Å². The van der Waals surface area contributed by atoms with Gasteiger partial charge in [0.15, 0.2) is 11.6 Å². The molecule has 5 heteroatoms. The molecule has 1 aliphatic rings. The van der Waals surface area contributed by atoms with Crippen LogP contribution in [0.4, 0.5) is 13.2 Å². The van der Waals surface area contributed by atoms with Crippen LogP contribution in [0.25, 0.3) is 11.1 Å². The van der Waals surface area contributed by atoms with Gasteiger partial charge < -0.3 is 9.47 Å². The molecule has 1 saturated heterocycles. The van der Waals surface area contributed by atoms with Crippen LogP contribution in [-0.2, 0) is 15.9 Å². The highest BCUT2D eigenvalue weighted by Gasteiger charge is 2.27. The number of unbranched alkanes of at least 4 members (excludes halogenated alkanes) is 2. The molecular weight excluding hydrogens is 389 g/mol. The maximum Gasteiger partial charge on any atom is 0.167 e. The van der Waals surface area contributed by atoms with Crippen LogP contribution in [0.1, 0.15) is 69.6 Å². The Morgan fingerprint density at radius 1 is 0.967 bits per heavy atom. The summed E-state index contributed by atoms with van der Waals surface area (Å²) >= 11 is 0. The molecule has 1 fully saturated rings. The predicted octanol–water partition coefficient (Wildman–Crippen LogP) is 7.15. The summed E-state index contributed by atoms with van der Waals surface area (Å²) in [6.45, 7) is 5.22. The largest absolute Gasteiger partial charge is 0.376 e. The van der Waals surface area contributed by atoms with Gasteiger partial charge in [0.1, 0.15) is 5.82 Å². The van der Waals surface area contributed by atoms with Gasteiger partial charge in [-0.2, -0.15) is 0 Å². The third-order valence-corrected chi connectivity index (χ3v) is 5.71. The van der Waals surface area contributed by atoms with Crippen LogP contribution >= 0.6 is 0 Å². The molecule has 164 valence electrons. The molecule has 2 atom stereocenters. The first kappa shape index (κ1) is 22.8. The van der Waals surface area contributed by atoms with Crippen molar-refractivity contribution < 1.29 is 22.6 Å². The molecule has 0 saturated carbocycles. The average molecular weight is 421 g/mol. The third-order valence-electron chi connectivity index (χ3n) is 5.71. The van der Waals surface area contributed by atoms with Crippen molar-refractivity contribution in [1.82, 2.24) is 0 Å². The zero-order valence-electron chi connectivity index (χ0n) is 17.9. The minimum absolute atomic E-state index is 0.00850. The summed E-state index contributed by atoms with van der Waals surface area (Å²) in [5, 5.41) is 0. The van der Waals surface area contributed by atoms with Crippen molar-refractivity contribution in [2.24, 2.45) is 0 Å². The quantitative estimate of drug-likeness (QED) is 0.401. The summed E-state index contributed by atoms with van der Waals surface area (Å²) in [7, 11) is 0. The summed E-state index contributed by atoms with van der Waals surface area (Å²) in [4.78, 5) is 0. The fraction of sp³-hybridized carbons (Fsp3) is 0.520. The van der Waals surface area contributed by atoms with Gasteiger partial charge >= 0.3 is 0 Å². The standard InChI is InChI=1S/C25H31F3O2/c1-3-5-7-17-8-9-18(15-22(17)26)20-11-12-21(25(28)24(20)27)23-13-10-19(16-30-23)29-14-6-4-2/h8-9,11-12,15,19,23H,3-7,10,13-14,16H2,1-2H3. The number of aryl methyl sites for hydroxylation is 1. The summed E-state index contributed by atoms with van der Waals surface area (Å²) in [5.74, 6) is -2.26. The molecule has 0 aromatic heterocycles. The van der Waals surface area contributed by atoms with E-state index < -0.39 is 17.7 Å². The van der Waals surface area contributed by atoms with Crippen LogP contribution in [0.3, 0.4) is 0 Å². The van der Waals surface area contributed by atoms with E-state index in [4.69, 9.17) is 9.47 Å². The summed E-state index contributed by atoms with van der Waals surface area (Å²) in [5.41, 5.74) is 1.21. The Labute approximate surface area is 177 Å². The van der Waals surface area contributed by atoms with Gasteiger partial charge in [-0.15, -0.1) is 0 Å². The van der Waals surface area contributed by atoms with E-state index in [0.717, 1.165) is 32.1 Å². The van der Waals surface area contributed by atoms with Gasteiger partial charge in [0.05, 0.1) is 18.8 Å². The normalized spacial score (nSPS) is 19.2. The Kier molecular flexibility index (Phi) is 8.34. The fourth-order valence-corrected chi connectivity index (χ4v) is 3.82. The SMILES string of the molecule is CCCCOC1CCC(c2ccc(-c3ccc(CCCC)c(F)c3)c(F)c2F)OC1. The maximum absolute atomic E-state index is 14.8. The topological polar surface area (TPSA) is 18.5 Å². The van der Waals surface area contributed by atoms with Gasteiger partial charge in [-0.3, -0.25) is 0 Å². The molecule has 1 aliphatic heterocycles. The fourth-order valence-electron chi connectivity index (χ4n) is 3.82. The van der Waals surface area contributed by atoms with Crippen LogP contribution in [0, 0.1) is 17.5 Å². The highest BCUT2D eigenvalue weighted by Crippen LogP contribution is 2.35. The predicted molar refractivity (Wildman–Crippen MR) is 113 cm³/mol. The van der Waals surface area contributed by atoms with Gasteiger partial charge in [0, 0.05) is 17.7 Å². The first-order valence-corrected chi connectivity index (χ1v) is 11.0. The van der Waals surface area contributed by atoms with Crippen LogP contribution < -0.4 is 0 Å². The molecule has 0 bridgehead atoms. The molecule has 30 heavy (non-hydrogen) atoms. The molecule has 2 nitrogen and oxygen atoms in total. The Morgan fingerprint density at radius 2 is 1.77 bits per heavy atom. The highest BCUT2D eigenvalue weighted by molar-refractivity contribution is 5.65. The van der Waals surface area contributed by atoms with Crippen molar-refractivity contribution in [3.8, 4) is 11.1 Å². The zero-order valence-corrected chi connectivity index (χ0v) is 17.9. The van der Waals surface area contributed by atoms with E-state index in [9.17, 15) is 13.2 Å². The number of halogens is 3. The highest BCUT2D eigenvalue weighted by atomic mass is 19.2. The van der Waals surface area contributed by atoms with E-state index in [-0.39, 0.29) is 23.0 Å². The van der Waals surface area contributed by atoms with Crippen molar-refractivity contribution in [3.63, 3.8) is 0 Å². The lowest BCUT2D eigenvalue weighted by atomic mass is 9.95. The van der Waals surface area contributed by atoms with E-state index in [2.05, 4.69) is 6.92 Å². The number of hydrogen-bond acceptors (Lipinski definition) is 2. The maximum atomic E-state index is 14.8. The molecule has 0 radical (unpaired) electrons. The lowest BCUT2D eigenvalue weighted by Gasteiger charge is -2.29. The smallest absolute Gasteiger partial charge is 0.167 e. The lowest BCUT2D eigenvalue weighted by molar-refractivity contribution is -0.0881. The minimum atomic E-state index is -0.960. The van der Waals surface area contributed by atoms with Crippen molar-refractivity contribution in [1.29, 1.82) is 0 Å². The molecule has 2 unspecified atom stereocenters. The number of hydrogen-bond donors (Lipinski definition) is 0. The number of benzene rings is 2. The van der Waals surface area contributed by atoms with Crippen LogP contribution in [0.15, 0.2) is 30.3 Å². The molecule has 3 rings (SSSR count). The molecule has 0 amide bonds.